The minimum absolute atomic E-state index is 0.144. The molecule has 12 heteroatoms. The highest BCUT2D eigenvalue weighted by Gasteiger charge is 2.60. The minimum atomic E-state index is -4.70. The van der Waals surface area contributed by atoms with Crippen LogP contribution in [0.5, 0.6) is 0 Å². The van der Waals surface area contributed by atoms with Crippen LogP contribution in [0.25, 0.3) is 0 Å². The van der Waals surface area contributed by atoms with Gasteiger partial charge in [0.1, 0.15) is 18.0 Å². The van der Waals surface area contributed by atoms with Gasteiger partial charge in [0.15, 0.2) is 0 Å². The van der Waals surface area contributed by atoms with Crippen LogP contribution in [0.3, 0.4) is 0 Å². The van der Waals surface area contributed by atoms with Crippen molar-refractivity contribution in [2.45, 2.75) is 31.3 Å². The summed E-state index contributed by atoms with van der Waals surface area (Å²) in [6, 6.07) is 0. The van der Waals surface area contributed by atoms with Gasteiger partial charge in [0.05, 0.1) is 6.16 Å². The van der Waals surface area contributed by atoms with Crippen molar-refractivity contribution < 1.29 is 33.0 Å². The number of rotatable bonds is 3. The number of nitrogens with two attached hydrogens (primary N) is 1. The van der Waals surface area contributed by atoms with E-state index in [4.69, 9.17) is 20.3 Å². The number of hydrogen-bond donors (Lipinski definition) is 4. The van der Waals surface area contributed by atoms with E-state index in [0.717, 1.165) is 6.20 Å². The van der Waals surface area contributed by atoms with Crippen molar-refractivity contribution >= 4 is 13.4 Å². The number of aliphatic hydroxyl groups excluding tert-OH is 1. The molecule has 1 aromatic rings. The summed E-state index contributed by atoms with van der Waals surface area (Å²) >= 11 is 0. The van der Waals surface area contributed by atoms with Gasteiger partial charge in [0.25, 0.3) is 0 Å². The quantitative estimate of drug-likeness (QED) is 0.523. The Bertz CT molecular complexity index is 690. The maximum absolute atomic E-state index is 14.1. The standard InChI is InChI=1S/C10H14F2N3O6P/c1-4-2-15(9(17)14-7(4)13)8-10(11,12)6(16)5(21-8)3-22(18,19)20/h2,5-6,8,16H,3H2,1H3,(H2,13,14,17)(H2,18,19,20)/t5-,6-,8-/m1/s1. The average Bonchev–Trinajstić information content (AvgIpc) is 2.56. The molecule has 0 saturated carbocycles. The number of alkyl halides is 2. The number of aliphatic hydroxyl groups is 1. The van der Waals surface area contributed by atoms with E-state index >= 15 is 0 Å². The second-order valence-electron chi connectivity index (χ2n) is 4.99. The number of ether oxygens (including phenoxy) is 1. The van der Waals surface area contributed by atoms with Crippen LogP contribution in [0, 0.1) is 6.92 Å². The Labute approximate surface area is 122 Å². The number of nitrogens with zero attached hydrogens (tertiary/aromatic N) is 2. The molecule has 0 spiro atoms. The predicted molar refractivity (Wildman–Crippen MR) is 69.4 cm³/mol. The minimum Gasteiger partial charge on any atom is -0.384 e. The van der Waals surface area contributed by atoms with Crippen LogP contribution < -0.4 is 11.4 Å². The highest BCUT2D eigenvalue weighted by atomic mass is 31.2. The molecule has 0 aliphatic carbocycles. The number of nitrogen functional groups attached to an aromatic ring is 1. The van der Waals surface area contributed by atoms with E-state index in [0.29, 0.717) is 4.57 Å². The van der Waals surface area contributed by atoms with Gasteiger partial charge in [-0.2, -0.15) is 13.8 Å². The Morgan fingerprint density at radius 3 is 2.68 bits per heavy atom. The normalized spacial score (nSPS) is 28.0. The fraction of sp³-hybridized carbons (Fsp3) is 0.600. The van der Waals surface area contributed by atoms with Crippen molar-refractivity contribution in [3.8, 4) is 0 Å². The van der Waals surface area contributed by atoms with Gasteiger partial charge in [-0.15, -0.1) is 0 Å². The van der Waals surface area contributed by atoms with Gasteiger partial charge in [-0.3, -0.25) is 9.13 Å². The molecule has 0 bridgehead atoms. The van der Waals surface area contributed by atoms with Gasteiger partial charge in [0, 0.05) is 11.8 Å². The zero-order chi connectivity index (χ0) is 16.9. The van der Waals surface area contributed by atoms with E-state index in [9.17, 15) is 23.2 Å². The monoisotopic (exact) mass is 341 g/mol. The lowest BCUT2D eigenvalue weighted by Crippen LogP contribution is -2.42. The first kappa shape index (κ1) is 17.0. The second kappa shape index (κ2) is 5.36. The van der Waals surface area contributed by atoms with Crippen LogP contribution in [0.4, 0.5) is 14.6 Å². The van der Waals surface area contributed by atoms with Crippen molar-refractivity contribution in [3.63, 3.8) is 0 Å². The molecule has 9 nitrogen and oxygen atoms in total. The summed E-state index contributed by atoms with van der Waals surface area (Å²) in [6.07, 6.45) is -6.66. The lowest BCUT2D eigenvalue weighted by atomic mass is 10.1. The van der Waals surface area contributed by atoms with Crippen LogP contribution in [0.15, 0.2) is 11.0 Å². The van der Waals surface area contributed by atoms with E-state index in [2.05, 4.69) is 4.98 Å². The highest BCUT2D eigenvalue weighted by molar-refractivity contribution is 7.51. The fourth-order valence-electron chi connectivity index (χ4n) is 2.10. The molecule has 0 aromatic carbocycles. The van der Waals surface area contributed by atoms with E-state index in [1.165, 1.54) is 6.92 Å². The maximum Gasteiger partial charge on any atom is 0.351 e. The number of hydrogen-bond acceptors (Lipinski definition) is 6. The van der Waals surface area contributed by atoms with Gasteiger partial charge < -0.3 is 25.4 Å². The average molecular weight is 341 g/mol. The summed E-state index contributed by atoms with van der Waals surface area (Å²) in [5.41, 5.74) is 4.49. The lowest BCUT2D eigenvalue weighted by Gasteiger charge is -2.21. The molecule has 124 valence electrons. The van der Waals surface area contributed by atoms with Crippen LogP contribution >= 0.6 is 7.60 Å². The summed E-state index contributed by atoms with van der Waals surface area (Å²) < 4.78 is 44.3. The summed E-state index contributed by atoms with van der Waals surface area (Å²) in [6.45, 7) is 1.43. The van der Waals surface area contributed by atoms with Crippen LogP contribution in [-0.2, 0) is 9.30 Å². The number of aryl methyl sites for hydroxylation is 1. The molecule has 0 unspecified atom stereocenters. The topological polar surface area (TPSA) is 148 Å². The Balaban J connectivity index is 2.42. The van der Waals surface area contributed by atoms with Gasteiger partial charge >= 0.3 is 19.2 Å². The lowest BCUT2D eigenvalue weighted by molar-refractivity contribution is -0.140. The molecule has 22 heavy (non-hydrogen) atoms. The molecule has 0 radical (unpaired) electrons. The Morgan fingerprint density at radius 2 is 2.14 bits per heavy atom. The second-order valence-corrected chi connectivity index (χ2v) is 6.69. The zero-order valence-corrected chi connectivity index (χ0v) is 12.2. The molecular weight excluding hydrogens is 327 g/mol. The first-order valence-electron chi connectivity index (χ1n) is 6.04. The Morgan fingerprint density at radius 1 is 1.55 bits per heavy atom. The van der Waals surface area contributed by atoms with Crippen molar-refractivity contribution in [1.29, 1.82) is 0 Å². The fourth-order valence-corrected chi connectivity index (χ4v) is 2.85. The first-order valence-corrected chi connectivity index (χ1v) is 7.84. The van der Waals surface area contributed by atoms with E-state index in [-0.39, 0.29) is 11.4 Å². The molecule has 1 aromatic heterocycles. The molecule has 1 fully saturated rings. The summed E-state index contributed by atoms with van der Waals surface area (Å²) in [7, 11) is -4.70. The van der Waals surface area contributed by atoms with Gasteiger partial charge in [-0.1, -0.05) is 0 Å². The Kier molecular flexibility index (Phi) is 4.13. The molecule has 5 N–H and O–H groups in total. The van der Waals surface area contributed by atoms with E-state index in [1.807, 2.05) is 0 Å². The molecule has 2 heterocycles. The number of halogens is 2. The molecule has 2 rings (SSSR count). The summed E-state index contributed by atoms with van der Waals surface area (Å²) in [5, 5.41) is 9.55. The van der Waals surface area contributed by atoms with Crippen LogP contribution in [0.2, 0.25) is 0 Å². The SMILES string of the molecule is Cc1cn([C@@H]2O[C@H](CP(=O)(O)O)[C@@H](O)C2(F)F)c(=O)nc1N. The maximum atomic E-state index is 14.1. The molecule has 1 saturated heterocycles. The zero-order valence-electron chi connectivity index (χ0n) is 11.3. The third kappa shape index (κ3) is 3.03. The number of aromatic nitrogens is 2. The van der Waals surface area contributed by atoms with E-state index < -0.39 is 43.8 Å². The Hall–Kier alpha value is -1.39. The van der Waals surface area contributed by atoms with Crippen molar-refractivity contribution in [1.82, 2.24) is 9.55 Å². The van der Waals surface area contributed by atoms with Gasteiger partial charge in [-0.05, 0) is 6.92 Å². The van der Waals surface area contributed by atoms with Gasteiger partial charge in [-0.25, -0.2) is 4.79 Å². The van der Waals surface area contributed by atoms with Gasteiger partial charge in [0.2, 0.25) is 6.23 Å². The van der Waals surface area contributed by atoms with Crippen molar-refractivity contribution in [2.24, 2.45) is 0 Å². The van der Waals surface area contributed by atoms with Crippen LogP contribution in [-0.4, -0.2) is 48.7 Å². The molecule has 1 aliphatic heterocycles. The third-order valence-corrected chi connectivity index (χ3v) is 4.06. The molecule has 1 aliphatic rings. The summed E-state index contributed by atoms with van der Waals surface area (Å²) in [4.78, 5) is 32.7. The highest BCUT2D eigenvalue weighted by Crippen LogP contribution is 2.47. The van der Waals surface area contributed by atoms with Crippen LogP contribution in [0.1, 0.15) is 11.8 Å². The van der Waals surface area contributed by atoms with Crippen molar-refractivity contribution in [3.05, 3.63) is 22.2 Å². The van der Waals surface area contributed by atoms with E-state index in [1.54, 1.807) is 0 Å². The smallest absolute Gasteiger partial charge is 0.351 e. The number of anilines is 1. The largest absolute Gasteiger partial charge is 0.384 e. The molecule has 3 atom stereocenters. The predicted octanol–water partition coefficient (Wildman–Crippen LogP) is -0.795. The molecular formula is C10H14F2N3O6P. The molecule has 0 amide bonds. The van der Waals surface area contributed by atoms with Crippen molar-refractivity contribution in [2.75, 3.05) is 11.9 Å². The third-order valence-electron chi connectivity index (χ3n) is 3.22. The summed E-state index contributed by atoms with van der Waals surface area (Å²) in [5.74, 6) is -4.08. The first-order chi connectivity index (χ1) is 9.93.